The lowest BCUT2D eigenvalue weighted by molar-refractivity contribution is 0.621. The van der Waals surface area contributed by atoms with Crippen LogP contribution in [0.5, 0.6) is 0 Å². The van der Waals surface area contributed by atoms with Crippen LogP contribution in [0.3, 0.4) is 0 Å². The van der Waals surface area contributed by atoms with Crippen molar-refractivity contribution in [2.45, 2.75) is 65.3 Å². The molecular weight excluding hydrogens is 308 g/mol. The minimum Gasteiger partial charge on any atom is -0.276 e. The van der Waals surface area contributed by atoms with E-state index in [0.29, 0.717) is 5.78 Å². The van der Waals surface area contributed by atoms with Crippen LogP contribution in [0.4, 0.5) is 0 Å². The summed E-state index contributed by atoms with van der Waals surface area (Å²) in [6.45, 7) is 4.84. The van der Waals surface area contributed by atoms with Crippen LogP contribution in [0, 0.1) is 6.92 Å². The lowest BCUT2D eigenvalue weighted by atomic mass is 10.1. The number of thiophene rings is 1. The van der Waals surface area contributed by atoms with Crippen LogP contribution in [0.1, 0.15) is 55.3 Å². The van der Waals surface area contributed by atoms with E-state index in [-0.39, 0.29) is 5.56 Å². The molecule has 0 fully saturated rings. The summed E-state index contributed by atoms with van der Waals surface area (Å²) in [5, 5.41) is 9.46. The van der Waals surface area contributed by atoms with Crippen molar-refractivity contribution in [2.75, 3.05) is 0 Å². The van der Waals surface area contributed by atoms with E-state index in [4.69, 9.17) is 0 Å². The summed E-state index contributed by atoms with van der Waals surface area (Å²) in [6.07, 6.45) is 7.86. The standard InChI is InChI=1S/C17H22N4OS/c1-3-4-10-20-15(22)14-12-8-6-5-7-9-13(12)23-16(14)21-11(2)18-19-17(20)21/h3-10H2,1-2H3. The highest BCUT2D eigenvalue weighted by atomic mass is 32.1. The summed E-state index contributed by atoms with van der Waals surface area (Å²) < 4.78 is 3.93. The quantitative estimate of drug-likeness (QED) is 0.691. The van der Waals surface area contributed by atoms with Crippen LogP contribution in [-0.2, 0) is 19.4 Å². The van der Waals surface area contributed by atoms with E-state index in [0.717, 1.165) is 48.3 Å². The zero-order valence-corrected chi connectivity index (χ0v) is 14.6. The third-order valence-corrected chi connectivity index (χ3v) is 6.13. The molecule has 0 aromatic carbocycles. The van der Waals surface area contributed by atoms with Gasteiger partial charge in [-0.2, -0.15) is 0 Å². The first-order chi connectivity index (χ1) is 11.2. The van der Waals surface area contributed by atoms with Gasteiger partial charge in [-0.3, -0.25) is 13.8 Å². The monoisotopic (exact) mass is 330 g/mol. The van der Waals surface area contributed by atoms with Gasteiger partial charge in [0.1, 0.15) is 10.7 Å². The smallest absolute Gasteiger partial charge is 0.263 e. The fraction of sp³-hybridized carbons (Fsp3) is 0.588. The van der Waals surface area contributed by atoms with E-state index < -0.39 is 0 Å². The van der Waals surface area contributed by atoms with E-state index in [9.17, 15) is 4.79 Å². The Balaban J connectivity index is 2.10. The molecule has 1 aliphatic carbocycles. The van der Waals surface area contributed by atoms with E-state index in [1.165, 1.54) is 29.7 Å². The van der Waals surface area contributed by atoms with Gasteiger partial charge in [-0.15, -0.1) is 21.5 Å². The van der Waals surface area contributed by atoms with Crippen LogP contribution in [0.15, 0.2) is 4.79 Å². The first-order valence-corrected chi connectivity index (χ1v) is 9.42. The van der Waals surface area contributed by atoms with Crippen LogP contribution in [0.2, 0.25) is 0 Å². The Hall–Kier alpha value is -1.69. The molecule has 0 saturated heterocycles. The molecule has 3 aromatic heterocycles. The summed E-state index contributed by atoms with van der Waals surface area (Å²) in [5.74, 6) is 1.57. The highest BCUT2D eigenvalue weighted by molar-refractivity contribution is 7.18. The Morgan fingerprint density at radius 1 is 1.17 bits per heavy atom. The molecule has 0 aliphatic heterocycles. The summed E-state index contributed by atoms with van der Waals surface area (Å²) in [4.78, 5) is 15.6. The Morgan fingerprint density at radius 2 is 2.00 bits per heavy atom. The van der Waals surface area contributed by atoms with Gasteiger partial charge in [0, 0.05) is 11.4 Å². The fourth-order valence-electron chi connectivity index (χ4n) is 3.61. The zero-order valence-electron chi connectivity index (χ0n) is 13.8. The Bertz CT molecular complexity index is 934. The number of fused-ring (bicyclic) bond motifs is 5. The molecule has 0 radical (unpaired) electrons. The molecule has 4 rings (SSSR count). The van der Waals surface area contributed by atoms with Gasteiger partial charge < -0.3 is 0 Å². The summed E-state index contributed by atoms with van der Waals surface area (Å²) >= 11 is 1.78. The Morgan fingerprint density at radius 3 is 2.83 bits per heavy atom. The van der Waals surface area contributed by atoms with Gasteiger partial charge >= 0.3 is 0 Å². The number of unbranched alkanes of at least 4 members (excludes halogenated alkanes) is 1. The van der Waals surface area contributed by atoms with Crippen molar-refractivity contribution in [3.63, 3.8) is 0 Å². The van der Waals surface area contributed by atoms with Crippen molar-refractivity contribution in [3.8, 4) is 0 Å². The molecule has 3 aromatic rings. The van der Waals surface area contributed by atoms with Gasteiger partial charge in [0.2, 0.25) is 5.78 Å². The van der Waals surface area contributed by atoms with Gasteiger partial charge in [-0.1, -0.05) is 19.8 Å². The van der Waals surface area contributed by atoms with Crippen molar-refractivity contribution in [1.82, 2.24) is 19.2 Å². The predicted molar refractivity (Wildman–Crippen MR) is 93.5 cm³/mol. The third kappa shape index (κ3) is 2.23. The summed E-state index contributed by atoms with van der Waals surface area (Å²) in [7, 11) is 0. The van der Waals surface area contributed by atoms with Gasteiger partial charge in [0.05, 0.1) is 5.39 Å². The fourth-order valence-corrected chi connectivity index (χ4v) is 5.04. The second-order valence-corrected chi connectivity index (χ2v) is 7.52. The first kappa shape index (κ1) is 14.9. The maximum Gasteiger partial charge on any atom is 0.263 e. The molecule has 0 saturated carbocycles. The van der Waals surface area contributed by atoms with Gasteiger partial charge in [-0.25, -0.2) is 0 Å². The topological polar surface area (TPSA) is 52.2 Å². The molecule has 0 unspecified atom stereocenters. The molecule has 5 nitrogen and oxygen atoms in total. The van der Waals surface area contributed by atoms with E-state index >= 15 is 0 Å². The van der Waals surface area contributed by atoms with Crippen LogP contribution < -0.4 is 5.56 Å². The second kappa shape index (κ2) is 5.74. The van der Waals surface area contributed by atoms with Crippen LogP contribution in [0.25, 0.3) is 16.0 Å². The normalized spacial score (nSPS) is 15.2. The number of aryl methyl sites for hydroxylation is 4. The molecule has 0 amide bonds. The Kier molecular flexibility index (Phi) is 3.71. The lowest BCUT2D eigenvalue weighted by Gasteiger charge is -2.09. The summed E-state index contributed by atoms with van der Waals surface area (Å²) in [5.41, 5.74) is 1.43. The maximum atomic E-state index is 13.2. The third-order valence-electron chi connectivity index (χ3n) is 4.85. The number of hydrogen-bond acceptors (Lipinski definition) is 4. The average molecular weight is 330 g/mol. The minimum atomic E-state index is 0.132. The molecule has 0 bridgehead atoms. The molecule has 6 heteroatoms. The average Bonchev–Trinajstić information content (AvgIpc) is 3.00. The highest BCUT2D eigenvalue weighted by Crippen LogP contribution is 2.34. The maximum absolute atomic E-state index is 13.2. The highest BCUT2D eigenvalue weighted by Gasteiger charge is 2.23. The van der Waals surface area contributed by atoms with E-state index in [1.807, 2.05) is 11.5 Å². The van der Waals surface area contributed by atoms with Crippen molar-refractivity contribution < 1.29 is 0 Å². The number of rotatable bonds is 3. The van der Waals surface area contributed by atoms with Gasteiger partial charge in [0.15, 0.2) is 0 Å². The molecular formula is C17H22N4OS. The molecule has 1 aliphatic rings. The zero-order chi connectivity index (χ0) is 16.0. The number of hydrogen-bond donors (Lipinski definition) is 0. The molecule has 0 atom stereocenters. The van der Waals surface area contributed by atoms with Crippen molar-refractivity contribution >= 4 is 27.3 Å². The second-order valence-electron chi connectivity index (χ2n) is 6.44. The van der Waals surface area contributed by atoms with Crippen molar-refractivity contribution in [3.05, 3.63) is 26.6 Å². The van der Waals surface area contributed by atoms with Crippen molar-refractivity contribution in [1.29, 1.82) is 0 Å². The molecule has 122 valence electrons. The molecule has 3 heterocycles. The predicted octanol–water partition coefficient (Wildman–Crippen LogP) is 3.48. The number of nitrogens with zero attached hydrogens (tertiary/aromatic N) is 4. The SMILES string of the molecule is CCCCn1c(=O)c2c3c(sc2n2c(C)nnc12)CCCCC3. The minimum absolute atomic E-state index is 0.132. The van der Waals surface area contributed by atoms with E-state index in [2.05, 4.69) is 21.5 Å². The first-order valence-electron chi connectivity index (χ1n) is 8.61. The van der Waals surface area contributed by atoms with Crippen molar-refractivity contribution in [2.24, 2.45) is 0 Å². The Labute approximate surface area is 139 Å². The largest absolute Gasteiger partial charge is 0.276 e. The van der Waals surface area contributed by atoms with Gasteiger partial charge in [-0.05, 0) is 44.6 Å². The van der Waals surface area contributed by atoms with Crippen LogP contribution in [-0.4, -0.2) is 19.2 Å². The molecule has 0 spiro atoms. The number of aromatic nitrogens is 4. The lowest BCUT2D eigenvalue weighted by Crippen LogP contribution is -2.23. The molecule has 0 N–H and O–H groups in total. The van der Waals surface area contributed by atoms with Crippen LogP contribution >= 0.6 is 11.3 Å². The summed E-state index contributed by atoms with van der Waals surface area (Å²) in [6, 6.07) is 0. The van der Waals surface area contributed by atoms with E-state index in [1.54, 1.807) is 11.3 Å². The molecule has 23 heavy (non-hydrogen) atoms. The van der Waals surface area contributed by atoms with Gasteiger partial charge in [0.25, 0.3) is 5.56 Å².